The molecule has 0 aromatic heterocycles. The molecule has 3 heteroatoms. The van der Waals surface area contributed by atoms with Crippen LogP contribution in [0.5, 0.6) is 0 Å². The van der Waals surface area contributed by atoms with E-state index in [1.54, 1.807) is 13.1 Å². The lowest BCUT2D eigenvalue weighted by molar-refractivity contribution is -0.139. The summed E-state index contributed by atoms with van der Waals surface area (Å²) in [5, 5.41) is 0. The number of esters is 1. The maximum atomic E-state index is 11.6. The second kappa shape index (κ2) is 12.1. The number of rotatable bonds is 11. The molecule has 0 bridgehead atoms. The highest BCUT2D eigenvalue weighted by atomic mass is 16.5. The zero-order chi connectivity index (χ0) is 14.5. The number of hydrogen-bond donors (Lipinski definition) is 0. The molecule has 0 heterocycles. The van der Waals surface area contributed by atoms with E-state index in [4.69, 9.17) is 4.74 Å². The lowest BCUT2D eigenvalue weighted by Gasteiger charge is -2.08. The summed E-state index contributed by atoms with van der Waals surface area (Å²) in [4.78, 5) is 13.4. The predicted molar refractivity (Wildman–Crippen MR) is 81.0 cm³/mol. The van der Waals surface area contributed by atoms with E-state index in [0.717, 1.165) is 12.8 Å². The van der Waals surface area contributed by atoms with Crippen LogP contribution >= 0.6 is 0 Å². The van der Waals surface area contributed by atoms with Gasteiger partial charge >= 0.3 is 5.97 Å². The molecule has 0 N–H and O–H groups in total. The van der Waals surface area contributed by atoms with E-state index >= 15 is 0 Å². The van der Waals surface area contributed by atoms with Gasteiger partial charge in [-0.25, -0.2) is 4.79 Å². The Morgan fingerprint density at radius 3 is 2.05 bits per heavy atom. The molecule has 112 valence electrons. The number of carbonyl (C=O) groups is 1. The molecule has 0 aromatic carbocycles. The van der Waals surface area contributed by atoms with Crippen molar-refractivity contribution in [1.82, 2.24) is 4.90 Å². The third-order valence-electron chi connectivity index (χ3n) is 3.00. The molecule has 0 radical (unpaired) electrons. The number of nitrogens with zero attached hydrogens (tertiary/aromatic N) is 1. The van der Waals surface area contributed by atoms with Gasteiger partial charge in [0.25, 0.3) is 0 Å². The Bertz CT molecular complexity index is 259. The smallest absolute Gasteiger partial charge is 0.335 e. The molecule has 0 spiro atoms. The van der Waals surface area contributed by atoms with Gasteiger partial charge in [-0.1, -0.05) is 51.9 Å². The van der Waals surface area contributed by atoms with E-state index in [1.165, 1.54) is 38.5 Å². The van der Waals surface area contributed by atoms with Gasteiger partial charge in [0.1, 0.15) is 0 Å². The molecule has 0 atom stereocenters. The summed E-state index contributed by atoms with van der Waals surface area (Å²) >= 11 is 0. The summed E-state index contributed by atoms with van der Waals surface area (Å²) in [6.07, 6.45) is 11.9. The van der Waals surface area contributed by atoms with E-state index in [2.05, 4.69) is 6.92 Å². The van der Waals surface area contributed by atoms with Crippen molar-refractivity contribution in [2.24, 2.45) is 0 Å². The van der Waals surface area contributed by atoms with Crippen molar-refractivity contribution in [1.29, 1.82) is 0 Å². The first-order valence-corrected chi connectivity index (χ1v) is 7.60. The topological polar surface area (TPSA) is 29.5 Å². The van der Waals surface area contributed by atoms with Gasteiger partial charge in [0.2, 0.25) is 0 Å². The summed E-state index contributed by atoms with van der Waals surface area (Å²) in [5.41, 5.74) is 0.657. The quantitative estimate of drug-likeness (QED) is 0.321. The van der Waals surface area contributed by atoms with Crippen molar-refractivity contribution < 1.29 is 9.53 Å². The van der Waals surface area contributed by atoms with E-state index in [9.17, 15) is 4.79 Å². The molecule has 0 aliphatic heterocycles. The van der Waals surface area contributed by atoms with Crippen molar-refractivity contribution in [2.45, 2.75) is 65.2 Å². The molecule has 0 unspecified atom stereocenters. The Morgan fingerprint density at radius 2 is 1.53 bits per heavy atom. The third kappa shape index (κ3) is 11.8. The van der Waals surface area contributed by atoms with E-state index in [-0.39, 0.29) is 5.97 Å². The van der Waals surface area contributed by atoms with Crippen molar-refractivity contribution in [3.8, 4) is 0 Å². The van der Waals surface area contributed by atoms with Crippen LogP contribution in [0.1, 0.15) is 65.2 Å². The Kier molecular flexibility index (Phi) is 11.4. The van der Waals surface area contributed by atoms with E-state index in [0.29, 0.717) is 12.2 Å². The number of hydrogen-bond acceptors (Lipinski definition) is 3. The van der Waals surface area contributed by atoms with Crippen molar-refractivity contribution in [3.05, 3.63) is 11.8 Å². The molecule has 0 aromatic rings. The Hall–Kier alpha value is -0.990. The van der Waals surface area contributed by atoms with Crippen LogP contribution in [-0.2, 0) is 9.53 Å². The first kappa shape index (κ1) is 18.0. The van der Waals surface area contributed by atoms with Gasteiger partial charge in [-0.2, -0.15) is 0 Å². The molecule has 0 saturated carbocycles. The van der Waals surface area contributed by atoms with Crippen LogP contribution in [0.4, 0.5) is 0 Å². The standard InChI is InChI=1S/C16H31NO2/c1-5-6-7-8-9-10-11-12-13-19-16(18)15(2)14-17(3)4/h14H,5-13H2,1-4H3. The average molecular weight is 269 g/mol. The largest absolute Gasteiger partial charge is 0.462 e. The Labute approximate surface area is 119 Å². The van der Waals surface area contributed by atoms with Crippen LogP contribution in [-0.4, -0.2) is 31.6 Å². The Morgan fingerprint density at radius 1 is 1.00 bits per heavy atom. The lowest BCUT2D eigenvalue weighted by Crippen LogP contribution is -2.11. The molecule has 0 aliphatic carbocycles. The minimum absolute atomic E-state index is 0.198. The first-order valence-electron chi connectivity index (χ1n) is 7.60. The number of ether oxygens (including phenoxy) is 1. The van der Waals surface area contributed by atoms with Crippen LogP contribution in [0.15, 0.2) is 11.8 Å². The van der Waals surface area contributed by atoms with Crippen molar-refractivity contribution in [3.63, 3.8) is 0 Å². The molecule has 3 nitrogen and oxygen atoms in total. The monoisotopic (exact) mass is 269 g/mol. The van der Waals surface area contributed by atoms with Crippen molar-refractivity contribution in [2.75, 3.05) is 20.7 Å². The van der Waals surface area contributed by atoms with Crippen LogP contribution in [0.25, 0.3) is 0 Å². The minimum atomic E-state index is -0.198. The van der Waals surface area contributed by atoms with E-state index < -0.39 is 0 Å². The number of unbranched alkanes of at least 4 members (excludes halogenated alkanes) is 7. The van der Waals surface area contributed by atoms with Crippen molar-refractivity contribution >= 4 is 5.97 Å². The second-order valence-corrected chi connectivity index (χ2v) is 5.39. The normalized spacial score (nSPS) is 11.5. The summed E-state index contributed by atoms with van der Waals surface area (Å²) in [7, 11) is 3.80. The fraction of sp³-hybridized carbons (Fsp3) is 0.812. The van der Waals surface area contributed by atoms with Gasteiger partial charge < -0.3 is 9.64 Å². The third-order valence-corrected chi connectivity index (χ3v) is 3.00. The highest BCUT2D eigenvalue weighted by Crippen LogP contribution is 2.08. The molecule has 0 aliphatic rings. The van der Waals surface area contributed by atoms with Gasteiger partial charge in [0, 0.05) is 25.9 Å². The summed E-state index contributed by atoms with van der Waals surface area (Å²) in [6.45, 7) is 4.57. The highest BCUT2D eigenvalue weighted by molar-refractivity contribution is 5.87. The summed E-state index contributed by atoms with van der Waals surface area (Å²) in [6, 6.07) is 0. The van der Waals surface area contributed by atoms with Gasteiger partial charge in [0.05, 0.1) is 6.61 Å². The molecular weight excluding hydrogens is 238 g/mol. The zero-order valence-electron chi connectivity index (χ0n) is 13.2. The summed E-state index contributed by atoms with van der Waals surface area (Å²) in [5.74, 6) is -0.198. The molecule has 19 heavy (non-hydrogen) atoms. The Balaban J connectivity index is 3.42. The summed E-state index contributed by atoms with van der Waals surface area (Å²) < 4.78 is 5.22. The molecule has 0 amide bonds. The molecule has 0 fully saturated rings. The number of carbonyl (C=O) groups excluding carboxylic acids is 1. The molecular formula is C16H31NO2. The fourth-order valence-corrected chi connectivity index (χ4v) is 1.95. The maximum Gasteiger partial charge on any atom is 0.335 e. The van der Waals surface area contributed by atoms with Gasteiger partial charge in [-0.05, 0) is 13.3 Å². The average Bonchev–Trinajstić information content (AvgIpc) is 2.35. The predicted octanol–water partition coefficient (Wildman–Crippen LogP) is 4.14. The maximum absolute atomic E-state index is 11.6. The van der Waals surface area contributed by atoms with Crippen LogP contribution in [0.2, 0.25) is 0 Å². The molecule has 0 rings (SSSR count). The van der Waals surface area contributed by atoms with Gasteiger partial charge in [-0.15, -0.1) is 0 Å². The van der Waals surface area contributed by atoms with E-state index in [1.807, 2.05) is 19.0 Å². The van der Waals surface area contributed by atoms with Crippen LogP contribution < -0.4 is 0 Å². The van der Waals surface area contributed by atoms with Crippen LogP contribution in [0, 0.1) is 0 Å². The highest BCUT2D eigenvalue weighted by Gasteiger charge is 2.05. The first-order chi connectivity index (χ1) is 9.07. The minimum Gasteiger partial charge on any atom is -0.462 e. The van der Waals surface area contributed by atoms with Crippen LogP contribution in [0.3, 0.4) is 0 Å². The van der Waals surface area contributed by atoms with Gasteiger partial charge in [0.15, 0.2) is 0 Å². The zero-order valence-corrected chi connectivity index (χ0v) is 13.2. The lowest BCUT2D eigenvalue weighted by atomic mass is 10.1. The molecule has 0 saturated heterocycles. The second-order valence-electron chi connectivity index (χ2n) is 5.39. The fourth-order valence-electron chi connectivity index (χ4n) is 1.95. The van der Waals surface area contributed by atoms with Gasteiger partial charge in [-0.3, -0.25) is 0 Å². The SMILES string of the molecule is CCCCCCCCCCOC(=O)C(C)=CN(C)C.